The SMILES string of the molecule is CC(=O)C(C)(C)C.CC(=O)C(C)(C)C.CC(=O)N[C@@H](CCC(=O)C(C)(C)C)C(=O)O.CC(=O)N[C@@H](CCC(=O)C(C)(C)C)C(=O)O.CC(=O)N[C@@H](CCC(=O)C(C)(C)C)C(=O)O.CC(=O)N[C@@H](CCC(=O)C(C)(C)C)C(=O)O.CC(=O)N[C@@H](CCC(=O)C(C)(C)C)C(=O)O.Cc1cc(CCCCCCCCCCC(=O)N[C@@H](CCC(=O)C(C)(C)C)C(=O)O)cc(C(F)(F)F)c1. The van der Waals surface area contributed by atoms with Crippen molar-refractivity contribution in [1.29, 1.82) is 0 Å². The molecule has 0 aromatic heterocycles. The van der Waals surface area contributed by atoms with E-state index in [1.807, 2.05) is 47.6 Å². The lowest BCUT2D eigenvalue weighted by Gasteiger charge is -2.19. The highest BCUT2D eigenvalue weighted by molar-refractivity contribution is 5.91. The molecule has 0 aliphatic carbocycles. The predicted octanol–water partition coefficient (Wildman–Crippen LogP) is 15.1. The molecule has 35 heteroatoms. The third-order valence-electron chi connectivity index (χ3n) is 19.2. The fourth-order valence-corrected chi connectivity index (χ4v) is 9.79. The van der Waals surface area contributed by atoms with Gasteiger partial charge in [-0.3, -0.25) is 67.1 Å². The maximum atomic E-state index is 12.9. The van der Waals surface area contributed by atoms with Gasteiger partial charge in [0, 0.05) is 123 Å². The minimum atomic E-state index is -4.31. The molecule has 0 bridgehead atoms. The smallest absolute Gasteiger partial charge is 0.416 e. The summed E-state index contributed by atoms with van der Waals surface area (Å²) in [6.45, 7) is 54.7. The lowest BCUT2D eigenvalue weighted by molar-refractivity contribution is -0.142. The first-order chi connectivity index (χ1) is 58.3. The monoisotopic (exact) mass is 1860 g/mol. The molecule has 0 aliphatic heterocycles. The topological polar surface area (TPSA) is 535 Å². The van der Waals surface area contributed by atoms with Crippen molar-refractivity contribution in [3.05, 3.63) is 34.9 Å². The minimum Gasteiger partial charge on any atom is -0.480 e. The van der Waals surface area contributed by atoms with E-state index >= 15 is 0 Å². The molecular weight excluding hydrogens is 1700 g/mol. The van der Waals surface area contributed by atoms with Crippen molar-refractivity contribution in [2.24, 2.45) is 43.3 Å². The number of ketones is 8. The zero-order valence-electron chi connectivity index (χ0n) is 83.7. The van der Waals surface area contributed by atoms with Crippen LogP contribution in [0.25, 0.3) is 0 Å². The number of carboxylic acids is 6. The molecule has 1 rings (SSSR count). The highest BCUT2D eigenvalue weighted by Gasteiger charge is 2.34. The van der Waals surface area contributed by atoms with Gasteiger partial charge in [0.2, 0.25) is 35.4 Å². The van der Waals surface area contributed by atoms with Gasteiger partial charge in [-0.15, -0.1) is 0 Å². The summed E-state index contributed by atoms with van der Waals surface area (Å²) in [5.74, 6) is -8.64. The van der Waals surface area contributed by atoms with Crippen molar-refractivity contribution in [2.75, 3.05) is 0 Å². The van der Waals surface area contributed by atoms with Crippen LogP contribution in [0.5, 0.6) is 0 Å². The normalized spacial score (nSPS) is 12.8. The molecule has 0 heterocycles. The summed E-state index contributed by atoms with van der Waals surface area (Å²) in [5, 5.41) is 67.4. The fourth-order valence-electron chi connectivity index (χ4n) is 9.79. The van der Waals surface area contributed by atoms with E-state index in [2.05, 4.69) is 31.9 Å². The Morgan fingerprint density at radius 1 is 0.262 bits per heavy atom. The number of amides is 6. The molecule has 6 amide bonds. The number of carbonyl (C=O) groups excluding carboxylic acids is 14. The van der Waals surface area contributed by atoms with Gasteiger partial charge in [0.05, 0.1) is 5.56 Å². The number of Topliss-reactive ketones (excluding diaryl/α,β-unsaturated/α-hetero) is 8. The molecule has 0 fully saturated rings. The first-order valence-electron chi connectivity index (χ1n) is 43.7. The van der Waals surface area contributed by atoms with Crippen LogP contribution in [0.15, 0.2) is 18.2 Å². The molecule has 0 aliphatic rings. The number of unbranched alkanes of at least 4 members (excludes halogenated alkanes) is 7. The maximum Gasteiger partial charge on any atom is 0.416 e. The first kappa shape index (κ1) is 133. The molecule has 0 unspecified atom stereocenters. The second-order valence-corrected chi connectivity index (χ2v) is 40.3. The van der Waals surface area contributed by atoms with Crippen molar-refractivity contribution >= 4 is 118 Å². The van der Waals surface area contributed by atoms with Crippen molar-refractivity contribution in [3.8, 4) is 0 Å². The van der Waals surface area contributed by atoms with Gasteiger partial charge in [-0.2, -0.15) is 13.2 Å². The number of alkyl halides is 3. The Balaban J connectivity index is -0.000000280. The Kier molecular flexibility index (Phi) is 64.6. The molecule has 32 nitrogen and oxygen atoms in total. The summed E-state index contributed by atoms with van der Waals surface area (Å²) >= 11 is 0. The number of hydrogen-bond donors (Lipinski definition) is 12. The van der Waals surface area contributed by atoms with E-state index in [0.29, 0.717) is 18.4 Å². The Bertz CT molecular complexity index is 3470. The van der Waals surface area contributed by atoms with Gasteiger partial charge in [-0.05, 0) is 96.3 Å². The largest absolute Gasteiger partial charge is 0.480 e. The fraction of sp³-hybridized carbons (Fsp3) is 0.726. The molecule has 6 atom stereocenters. The summed E-state index contributed by atoms with van der Waals surface area (Å²) in [6, 6.07) is -1.73. The molecule has 0 saturated carbocycles. The van der Waals surface area contributed by atoms with Crippen molar-refractivity contribution in [3.63, 3.8) is 0 Å². The number of hydrogen-bond acceptors (Lipinski definition) is 20. The number of rotatable bonds is 41. The second-order valence-electron chi connectivity index (χ2n) is 40.3. The third kappa shape index (κ3) is 74.8. The zero-order chi connectivity index (χ0) is 104. The van der Waals surface area contributed by atoms with Crippen LogP contribution in [0.3, 0.4) is 0 Å². The number of carboxylic acid groups (broad SMARTS) is 6. The number of benzene rings is 1. The maximum absolute atomic E-state index is 12.9. The quantitative estimate of drug-likeness (QED) is 0.0271. The van der Waals surface area contributed by atoms with Crippen LogP contribution in [0, 0.1) is 50.2 Å². The van der Waals surface area contributed by atoms with Crippen molar-refractivity contribution in [1.82, 2.24) is 31.9 Å². The van der Waals surface area contributed by atoms with Gasteiger partial charge in [-0.25, -0.2) is 28.8 Å². The van der Waals surface area contributed by atoms with E-state index in [0.717, 1.165) is 50.5 Å². The van der Waals surface area contributed by atoms with Crippen LogP contribution in [0.4, 0.5) is 13.2 Å². The van der Waals surface area contributed by atoms with Crippen LogP contribution in [0.1, 0.15) is 366 Å². The van der Waals surface area contributed by atoms with Crippen LogP contribution >= 0.6 is 0 Å². The van der Waals surface area contributed by atoms with E-state index in [9.17, 15) is 114 Å². The van der Waals surface area contributed by atoms with Gasteiger partial charge in [-0.1, -0.05) is 216 Å². The van der Waals surface area contributed by atoms with Crippen molar-refractivity contribution in [2.45, 2.75) is 405 Å². The van der Waals surface area contributed by atoms with Gasteiger partial charge < -0.3 is 62.5 Å². The molecule has 130 heavy (non-hydrogen) atoms. The van der Waals surface area contributed by atoms with Gasteiger partial charge >= 0.3 is 42.0 Å². The average Bonchev–Trinajstić information content (AvgIpc) is 0.831. The molecule has 0 saturated heterocycles. The Hall–Kier alpha value is -9.99. The molecular formula is C95H161F3N6O26. The van der Waals surface area contributed by atoms with Gasteiger partial charge in [0.25, 0.3) is 0 Å². The van der Waals surface area contributed by atoms with E-state index in [-0.39, 0.29) is 146 Å². The Morgan fingerprint density at radius 2 is 0.438 bits per heavy atom. The highest BCUT2D eigenvalue weighted by atomic mass is 19.4. The molecule has 1 aromatic rings. The summed E-state index contributed by atoms with van der Waals surface area (Å²) in [4.78, 5) is 222. The average molecular weight is 1860 g/mol. The van der Waals surface area contributed by atoms with Crippen molar-refractivity contribution < 1.29 is 140 Å². The van der Waals surface area contributed by atoms with Gasteiger partial charge in [0.1, 0.15) is 82.5 Å². The first-order valence-corrected chi connectivity index (χ1v) is 43.7. The van der Waals surface area contributed by atoms with E-state index in [1.54, 1.807) is 145 Å². The lowest BCUT2D eigenvalue weighted by Crippen LogP contribution is -2.41. The molecule has 1 aromatic carbocycles. The van der Waals surface area contributed by atoms with Crippen LogP contribution < -0.4 is 31.9 Å². The predicted molar refractivity (Wildman–Crippen MR) is 490 cm³/mol. The van der Waals surface area contributed by atoms with E-state index < -0.39 is 146 Å². The number of nitrogens with one attached hydrogen (secondary N) is 6. The summed E-state index contributed by atoms with van der Waals surface area (Å²) in [6.07, 6.45) is 5.62. The molecule has 748 valence electrons. The van der Waals surface area contributed by atoms with Gasteiger partial charge in [0.15, 0.2) is 0 Å². The van der Waals surface area contributed by atoms with Crippen LogP contribution in [-0.2, 0) is 108 Å². The van der Waals surface area contributed by atoms with E-state index in [4.69, 9.17) is 25.5 Å². The third-order valence-corrected chi connectivity index (χ3v) is 19.2. The zero-order valence-corrected chi connectivity index (χ0v) is 83.7. The molecule has 0 radical (unpaired) electrons. The summed E-state index contributed by atoms with van der Waals surface area (Å²) < 4.78 is 38.8. The molecule has 12 N–H and O–H groups in total. The number of aliphatic carboxylic acids is 6. The Labute approximate surface area is 769 Å². The van der Waals surface area contributed by atoms with Crippen LogP contribution in [-0.4, -0.2) is 184 Å². The van der Waals surface area contributed by atoms with Crippen LogP contribution in [0.2, 0.25) is 0 Å². The highest BCUT2D eigenvalue weighted by Crippen LogP contribution is 2.32. The minimum absolute atomic E-state index is 0.0101. The standard InChI is InChI=1S/C28H42F3NO4.5C11H19NO4.2C6H12O/c1-20-17-21(19-22(18-20)28(29,30)31)13-11-9-7-5-6-8-10-12-14-25(34)32-23(26(35)36)15-16-24(33)27(2,3)4;5*1-7(13)12-8(10(15)16)5-6-9(14)11(2,3)4;2*1-5(7)6(2,3)4/h17-19,23H,5-16H2,1-4H3,(H,32,34)(H,35,36);5*8H,5-6H2,1-4H3,(H,12,13)(H,15,16);2*1-4H3/t23-;5*8-;;/m000000../s1. The number of carbonyl (C=O) groups is 20. The second kappa shape index (κ2) is 63.1. The molecule has 0 spiro atoms. The number of aryl methyl sites for hydroxylation is 2. The summed E-state index contributed by atoms with van der Waals surface area (Å²) in [5.41, 5.74) is -2.40. The Morgan fingerprint density at radius 3 is 0.600 bits per heavy atom. The summed E-state index contributed by atoms with van der Waals surface area (Å²) in [7, 11) is 0. The lowest BCUT2D eigenvalue weighted by atomic mass is 9.87. The van der Waals surface area contributed by atoms with E-state index in [1.165, 1.54) is 46.8 Å². The number of halogens is 3.